The lowest BCUT2D eigenvalue weighted by molar-refractivity contribution is 0.102. The second kappa shape index (κ2) is 7.28. The van der Waals surface area contributed by atoms with Crippen molar-refractivity contribution in [3.63, 3.8) is 0 Å². The highest BCUT2D eigenvalue weighted by Crippen LogP contribution is 2.26. The molecule has 0 saturated heterocycles. The molecule has 2 aromatic heterocycles. The molecule has 0 aliphatic carbocycles. The van der Waals surface area contributed by atoms with Crippen molar-refractivity contribution in [1.82, 2.24) is 19.9 Å². The average Bonchev–Trinajstić information content (AvgIpc) is 3.28. The summed E-state index contributed by atoms with van der Waals surface area (Å²) in [6.45, 7) is 1.73. The Morgan fingerprint density at radius 3 is 2.57 bits per heavy atom. The van der Waals surface area contributed by atoms with Gasteiger partial charge in [-0.05, 0) is 35.9 Å². The van der Waals surface area contributed by atoms with Gasteiger partial charge in [-0.3, -0.25) is 9.48 Å². The molecule has 28 heavy (non-hydrogen) atoms. The van der Waals surface area contributed by atoms with Crippen LogP contribution in [0, 0.1) is 6.92 Å². The molecule has 0 radical (unpaired) electrons. The molecule has 8 heteroatoms. The largest absolute Gasteiger partial charge is 0.339 e. The second-order valence-electron chi connectivity index (χ2n) is 6.19. The van der Waals surface area contributed by atoms with Crippen LogP contribution in [0.15, 0.2) is 59.1 Å². The molecule has 0 aliphatic rings. The number of nitrogens with one attached hydrogen (secondary N) is 1. The number of halogens is 1. The van der Waals surface area contributed by atoms with Gasteiger partial charge in [-0.15, -0.1) is 0 Å². The Balaban J connectivity index is 1.55. The smallest absolute Gasteiger partial charge is 0.257 e. The van der Waals surface area contributed by atoms with Crippen LogP contribution in [0.1, 0.15) is 16.2 Å². The molecule has 140 valence electrons. The predicted molar refractivity (Wildman–Crippen MR) is 106 cm³/mol. The van der Waals surface area contributed by atoms with Gasteiger partial charge in [0.05, 0.1) is 16.3 Å². The molecule has 2 heterocycles. The molecule has 0 spiro atoms. The summed E-state index contributed by atoms with van der Waals surface area (Å²) in [7, 11) is 1.85. The first-order chi connectivity index (χ1) is 13.5. The minimum absolute atomic E-state index is 0.256. The van der Waals surface area contributed by atoms with Crippen LogP contribution < -0.4 is 5.32 Å². The SMILES string of the molecule is Cc1nc(-c2cc(-c3ccc(NC(=O)c4ccccc4Cl)cc3)n(C)n2)no1. The lowest BCUT2D eigenvalue weighted by Crippen LogP contribution is -2.12. The fourth-order valence-corrected chi connectivity index (χ4v) is 3.04. The van der Waals surface area contributed by atoms with Crippen molar-refractivity contribution >= 4 is 23.2 Å². The van der Waals surface area contributed by atoms with Gasteiger partial charge in [-0.1, -0.05) is 41.0 Å². The number of carbonyl (C=O) groups is 1. The maximum Gasteiger partial charge on any atom is 0.257 e. The van der Waals surface area contributed by atoms with E-state index in [4.69, 9.17) is 16.1 Å². The molecule has 0 fully saturated rings. The van der Waals surface area contributed by atoms with Crippen LogP contribution in [-0.4, -0.2) is 25.8 Å². The molecule has 0 atom stereocenters. The van der Waals surface area contributed by atoms with Crippen molar-refractivity contribution < 1.29 is 9.32 Å². The van der Waals surface area contributed by atoms with Crippen LogP contribution in [0.5, 0.6) is 0 Å². The van der Waals surface area contributed by atoms with Crippen LogP contribution in [0.25, 0.3) is 22.8 Å². The van der Waals surface area contributed by atoms with Crippen LogP contribution >= 0.6 is 11.6 Å². The third-order valence-electron chi connectivity index (χ3n) is 4.19. The summed E-state index contributed by atoms with van der Waals surface area (Å²) in [6, 6.07) is 16.3. The highest BCUT2D eigenvalue weighted by atomic mass is 35.5. The zero-order valence-corrected chi connectivity index (χ0v) is 15.9. The molecular formula is C20H16ClN5O2. The summed E-state index contributed by atoms with van der Waals surface area (Å²) in [5.41, 5.74) is 3.56. The first kappa shape index (κ1) is 17.9. The number of nitrogens with zero attached hydrogens (tertiary/aromatic N) is 4. The van der Waals surface area contributed by atoms with Crippen LogP contribution in [0.3, 0.4) is 0 Å². The maximum absolute atomic E-state index is 12.4. The number of aromatic nitrogens is 4. The highest BCUT2D eigenvalue weighted by molar-refractivity contribution is 6.34. The van der Waals surface area contributed by atoms with E-state index in [2.05, 4.69) is 20.6 Å². The van der Waals surface area contributed by atoms with Gasteiger partial charge < -0.3 is 9.84 Å². The number of rotatable bonds is 4. The van der Waals surface area contributed by atoms with Gasteiger partial charge >= 0.3 is 0 Å². The molecule has 1 amide bonds. The Morgan fingerprint density at radius 1 is 1.14 bits per heavy atom. The van der Waals surface area contributed by atoms with Crippen molar-refractivity contribution in [2.24, 2.45) is 7.05 Å². The molecule has 0 unspecified atom stereocenters. The van der Waals surface area contributed by atoms with Gasteiger partial charge in [0.2, 0.25) is 11.7 Å². The van der Waals surface area contributed by atoms with Crippen molar-refractivity contribution in [2.45, 2.75) is 6.92 Å². The molecule has 0 aliphatic heterocycles. The van der Waals surface area contributed by atoms with Crippen LogP contribution in [0.2, 0.25) is 5.02 Å². The average molecular weight is 394 g/mol. The van der Waals surface area contributed by atoms with Crippen molar-refractivity contribution in [3.05, 3.63) is 71.1 Å². The first-order valence-electron chi connectivity index (χ1n) is 8.52. The molecule has 1 N–H and O–H groups in total. The standard InChI is InChI=1S/C20H16ClN5O2/c1-12-22-19(25-28-12)17-11-18(26(2)24-17)13-7-9-14(10-8-13)23-20(27)15-5-3-4-6-16(15)21/h3-11H,1-2H3,(H,23,27). The number of amides is 1. The number of carbonyl (C=O) groups excluding carboxylic acids is 1. The van der Waals surface area contributed by atoms with E-state index in [1.165, 1.54) is 0 Å². The van der Waals surface area contributed by atoms with E-state index >= 15 is 0 Å². The van der Waals surface area contributed by atoms with E-state index in [9.17, 15) is 4.79 Å². The number of aryl methyl sites for hydroxylation is 2. The molecule has 4 rings (SSSR count). The van der Waals surface area contributed by atoms with E-state index in [-0.39, 0.29) is 5.91 Å². The topological polar surface area (TPSA) is 85.8 Å². The Labute approximate surface area is 166 Å². The van der Waals surface area contributed by atoms with Gasteiger partial charge in [-0.2, -0.15) is 10.1 Å². The predicted octanol–water partition coefficient (Wildman–Crippen LogP) is 4.35. The fourth-order valence-electron chi connectivity index (χ4n) is 2.82. The molecule has 4 aromatic rings. The Bertz CT molecular complexity index is 1150. The fraction of sp³-hybridized carbons (Fsp3) is 0.100. The summed E-state index contributed by atoms with van der Waals surface area (Å²) >= 11 is 6.07. The molecular weight excluding hydrogens is 378 g/mol. The zero-order chi connectivity index (χ0) is 19.7. The summed E-state index contributed by atoms with van der Waals surface area (Å²) in [5.74, 6) is 0.678. The minimum atomic E-state index is -0.256. The summed E-state index contributed by atoms with van der Waals surface area (Å²) in [5, 5.41) is 11.6. The Morgan fingerprint density at radius 2 is 1.89 bits per heavy atom. The van der Waals surface area contributed by atoms with Crippen molar-refractivity contribution in [3.8, 4) is 22.8 Å². The van der Waals surface area contributed by atoms with E-state index < -0.39 is 0 Å². The maximum atomic E-state index is 12.4. The molecule has 7 nitrogen and oxygen atoms in total. The van der Waals surface area contributed by atoms with Crippen LogP contribution in [-0.2, 0) is 7.05 Å². The van der Waals surface area contributed by atoms with E-state index in [0.717, 1.165) is 11.3 Å². The van der Waals surface area contributed by atoms with Gasteiger partial charge in [0.1, 0.15) is 5.69 Å². The van der Waals surface area contributed by atoms with Gasteiger partial charge in [0, 0.05) is 19.7 Å². The van der Waals surface area contributed by atoms with Gasteiger partial charge in [0.25, 0.3) is 5.91 Å². The first-order valence-corrected chi connectivity index (χ1v) is 8.90. The molecule has 2 aromatic carbocycles. The number of anilines is 1. The quantitative estimate of drug-likeness (QED) is 0.557. The van der Waals surface area contributed by atoms with Gasteiger partial charge in [0.15, 0.2) is 0 Å². The lowest BCUT2D eigenvalue weighted by atomic mass is 10.1. The van der Waals surface area contributed by atoms with Gasteiger partial charge in [-0.25, -0.2) is 0 Å². The summed E-state index contributed by atoms with van der Waals surface area (Å²) in [4.78, 5) is 16.6. The monoisotopic (exact) mass is 393 g/mol. The van der Waals surface area contributed by atoms with E-state index in [1.54, 1.807) is 35.9 Å². The third-order valence-corrected chi connectivity index (χ3v) is 4.52. The minimum Gasteiger partial charge on any atom is -0.339 e. The highest BCUT2D eigenvalue weighted by Gasteiger charge is 2.14. The summed E-state index contributed by atoms with van der Waals surface area (Å²) < 4.78 is 6.76. The summed E-state index contributed by atoms with van der Waals surface area (Å²) in [6.07, 6.45) is 0. The second-order valence-corrected chi connectivity index (χ2v) is 6.59. The van der Waals surface area contributed by atoms with Crippen molar-refractivity contribution in [2.75, 3.05) is 5.32 Å². The molecule has 0 saturated carbocycles. The number of hydrogen-bond acceptors (Lipinski definition) is 5. The Hall–Kier alpha value is -3.45. The number of hydrogen-bond donors (Lipinski definition) is 1. The molecule has 0 bridgehead atoms. The zero-order valence-electron chi connectivity index (χ0n) is 15.2. The van der Waals surface area contributed by atoms with E-state index in [0.29, 0.717) is 33.7 Å². The normalized spacial score (nSPS) is 10.8. The number of benzene rings is 2. The lowest BCUT2D eigenvalue weighted by Gasteiger charge is -2.08. The van der Waals surface area contributed by atoms with Crippen molar-refractivity contribution in [1.29, 1.82) is 0 Å². The Kier molecular flexibility index (Phi) is 4.67. The van der Waals surface area contributed by atoms with Crippen LogP contribution in [0.4, 0.5) is 5.69 Å². The third kappa shape index (κ3) is 3.52. The van der Waals surface area contributed by atoms with E-state index in [1.807, 2.05) is 37.4 Å².